The summed E-state index contributed by atoms with van der Waals surface area (Å²) in [6.45, 7) is -0.359. The van der Waals surface area contributed by atoms with Gasteiger partial charge in [-0.1, -0.05) is 0 Å². The molecule has 14 heteroatoms. The molecular weight excluding hydrogens is 578 g/mol. The second-order valence-electron chi connectivity index (χ2n) is 11.7. The molecule has 43 heavy (non-hydrogen) atoms. The van der Waals surface area contributed by atoms with E-state index in [0.717, 1.165) is 18.3 Å². The molecule has 4 fully saturated rings. The molecule has 2 N–H and O–H groups in total. The molecule has 230 valence electrons. The number of aromatic nitrogens is 3. The highest BCUT2D eigenvalue weighted by Gasteiger charge is 2.56. The van der Waals surface area contributed by atoms with Gasteiger partial charge in [-0.25, -0.2) is 13.2 Å². The van der Waals surface area contributed by atoms with E-state index in [1.807, 2.05) is 0 Å². The van der Waals surface area contributed by atoms with E-state index in [-0.39, 0.29) is 55.2 Å². The van der Waals surface area contributed by atoms with E-state index in [1.165, 1.54) is 6.92 Å². The van der Waals surface area contributed by atoms with Gasteiger partial charge < -0.3 is 20.1 Å². The van der Waals surface area contributed by atoms with Crippen LogP contribution in [0.15, 0.2) is 18.3 Å². The van der Waals surface area contributed by atoms with Crippen LogP contribution in [-0.2, 0) is 10.9 Å². The summed E-state index contributed by atoms with van der Waals surface area (Å²) >= 11 is 0. The summed E-state index contributed by atoms with van der Waals surface area (Å²) in [6.07, 6.45) is -5.54. The van der Waals surface area contributed by atoms with Crippen molar-refractivity contribution in [1.29, 1.82) is 0 Å². The fourth-order valence-electron chi connectivity index (χ4n) is 6.94. The van der Waals surface area contributed by atoms with Crippen LogP contribution in [0.4, 0.5) is 37.8 Å². The fourth-order valence-corrected chi connectivity index (χ4v) is 6.94. The monoisotopic (exact) mass is 610 g/mol. The predicted molar refractivity (Wildman–Crippen MR) is 146 cm³/mol. The van der Waals surface area contributed by atoms with E-state index in [4.69, 9.17) is 17.9 Å². The standard InChI is InChI=1S/C29H30F6N6O2/c1-14-7-16(36)8-17(20(14)29(33,34)35)23-22(32)24-18(10-37-23)26(41-5-6-42-12-19-21(31)25(19)41)39-27(38-24)43-13-28-3-2-4-40(28)11-15(30)9-28/h7-8,10,15,19,21,25H,2-6,9,11-13,36H2,1H3/t15-,19+,21+,25+,28+/m1/s1/i13D2. The number of aryl methyl sites for hydroxylation is 1. The lowest BCUT2D eigenvalue weighted by Gasteiger charge is -2.31. The molecule has 1 aromatic carbocycles. The van der Waals surface area contributed by atoms with Gasteiger partial charge >= 0.3 is 12.2 Å². The number of benzene rings is 1. The molecule has 5 atom stereocenters. The van der Waals surface area contributed by atoms with Gasteiger partial charge in [0.25, 0.3) is 0 Å². The highest BCUT2D eigenvalue weighted by atomic mass is 19.4. The maximum absolute atomic E-state index is 16.5. The number of nitrogens with two attached hydrogens (primary N) is 1. The predicted octanol–water partition coefficient (Wildman–Crippen LogP) is 4.87. The van der Waals surface area contributed by atoms with Crippen LogP contribution in [0, 0.1) is 18.7 Å². The van der Waals surface area contributed by atoms with E-state index < -0.39 is 76.7 Å². The number of fused-ring (bicyclic) bond motifs is 3. The number of nitrogens with zero attached hydrogens (tertiary/aromatic N) is 5. The Kier molecular flexibility index (Phi) is 6.11. The number of hydrogen-bond acceptors (Lipinski definition) is 8. The van der Waals surface area contributed by atoms with Crippen molar-refractivity contribution in [2.75, 3.05) is 50.0 Å². The molecule has 0 bridgehead atoms. The lowest BCUT2D eigenvalue weighted by atomic mass is 9.95. The number of hydrogen-bond donors (Lipinski definition) is 1. The molecule has 3 aromatic rings. The molecule has 4 aliphatic rings. The summed E-state index contributed by atoms with van der Waals surface area (Å²) in [4.78, 5) is 15.9. The van der Waals surface area contributed by atoms with Gasteiger partial charge in [0, 0.05) is 42.9 Å². The smallest absolute Gasteiger partial charge is 0.417 e. The van der Waals surface area contributed by atoms with Gasteiger partial charge in [-0.05, 0) is 44.0 Å². The number of ether oxygens (including phenoxy) is 2. The Bertz CT molecular complexity index is 1680. The Labute approximate surface area is 246 Å². The molecule has 5 heterocycles. The minimum atomic E-state index is -4.87. The molecule has 1 saturated carbocycles. The van der Waals surface area contributed by atoms with Crippen molar-refractivity contribution in [1.82, 2.24) is 19.9 Å². The van der Waals surface area contributed by atoms with Gasteiger partial charge in [0.15, 0.2) is 5.82 Å². The number of pyridine rings is 1. The van der Waals surface area contributed by atoms with Gasteiger partial charge in [0.05, 0.1) is 38.5 Å². The van der Waals surface area contributed by atoms with Crippen LogP contribution in [0.1, 0.15) is 33.1 Å². The van der Waals surface area contributed by atoms with Crippen LogP contribution in [-0.4, -0.2) is 83.2 Å². The van der Waals surface area contributed by atoms with Crippen LogP contribution < -0.4 is 15.4 Å². The third kappa shape index (κ3) is 4.73. The number of alkyl halides is 5. The Balaban J connectivity index is 1.41. The number of nitrogen functional groups attached to an aromatic ring is 1. The van der Waals surface area contributed by atoms with Crippen LogP contribution in [0.25, 0.3) is 22.2 Å². The van der Waals surface area contributed by atoms with Gasteiger partial charge in [-0.15, -0.1) is 0 Å². The molecule has 3 saturated heterocycles. The molecule has 0 unspecified atom stereocenters. The van der Waals surface area contributed by atoms with E-state index in [1.54, 1.807) is 9.80 Å². The fraction of sp³-hybridized carbons (Fsp3) is 0.552. The summed E-state index contributed by atoms with van der Waals surface area (Å²) in [5.41, 5.74) is 1.33. The summed E-state index contributed by atoms with van der Waals surface area (Å²) in [7, 11) is 0. The summed E-state index contributed by atoms with van der Waals surface area (Å²) < 4.78 is 117. The Morgan fingerprint density at radius 2 is 2.05 bits per heavy atom. The Morgan fingerprint density at radius 3 is 2.84 bits per heavy atom. The first-order chi connectivity index (χ1) is 21.2. The first kappa shape index (κ1) is 26.1. The second-order valence-corrected chi connectivity index (χ2v) is 11.7. The molecular formula is C29H30F6N6O2. The maximum Gasteiger partial charge on any atom is 0.417 e. The number of anilines is 2. The molecule has 0 amide bonds. The molecule has 1 aliphatic carbocycles. The SMILES string of the molecule is [2H]C([2H])(Oc1nc(N2CCOC[C@H]3[C@H](F)[C@H]32)c2cnc(-c3cc(N)cc(C)c3C(F)(F)F)c(F)c2n1)[C@@]12CCCN1C[C@H](F)C2. The average molecular weight is 611 g/mol. The van der Waals surface area contributed by atoms with Crippen LogP contribution in [0.5, 0.6) is 6.01 Å². The van der Waals surface area contributed by atoms with Gasteiger partial charge in [-0.3, -0.25) is 9.88 Å². The van der Waals surface area contributed by atoms with Crippen molar-refractivity contribution in [2.24, 2.45) is 5.92 Å². The van der Waals surface area contributed by atoms with Crippen molar-refractivity contribution < 1.29 is 38.6 Å². The van der Waals surface area contributed by atoms with Gasteiger partial charge in [0.2, 0.25) is 0 Å². The minimum absolute atomic E-state index is 0.0280. The second kappa shape index (κ2) is 10.1. The van der Waals surface area contributed by atoms with Crippen molar-refractivity contribution in [3.05, 3.63) is 35.3 Å². The van der Waals surface area contributed by atoms with Gasteiger partial charge in [0.1, 0.15) is 35.9 Å². The number of halogens is 6. The van der Waals surface area contributed by atoms with Crippen molar-refractivity contribution >= 4 is 22.4 Å². The molecule has 8 nitrogen and oxygen atoms in total. The normalized spacial score (nSPS) is 30.1. The molecule has 3 aliphatic heterocycles. The molecule has 0 radical (unpaired) electrons. The lowest BCUT2D eigenvalue weighted by molar-refractivity contribution is -0.137. The maximum atomic E-state index is 16.5. The zero-order valence-electron chi connectivity index (χ0n) is 25.1. The molecule has 0 spiro atoms. The van der Waals surface area contributed by atoms with E-state index >= 15 is 4.39 Å². The summed E-state index contributed by atoms with van der Waals surface area (Å²) in [6, 6.07) is 0.787. The first-order valence-corrected chi connectivity index (χ1v) is 14.1. The van der Waals surface area contributed by atoms with Crippen LogP contribution in [0.3, 0.4) is 0 Å². The third-order valence-corrected chi connectivity index (χ3v) is 8.93. The molecule has 7 rings (SSSR count). The zero-order valence-corrected chi connectivity index (χ0v) is 23.1. The molecule has 2 aromatic heterocycles. The van der Waals surface area contributed by atoms with E-state index in [0.29, 0.717) is 19.4 Å². The first-order valence-electron chi connectivity index (χ1n) is 15.1. The highest BCUT2D eigenvalue weighted by molar-refractivity contribution is 5.93. The van der Waals surface area contributed by atoms with Crippen LogP contribution >= 0.6 is 0 Å². The average Bonchev–Trinajstić information content (AvgIpc) is 3.30. The minimum Gasteiger partial charge on any atom is -0.461 e. The summed E-state index contributed by atoms with van der Waals surface area (Å²) in [5.74, 6) is -1.77. The lowest BCUT2D eigenvalue weighted by Crippen LogP contribution is -2.43. The van der Waals surface area contributed by atoms with E-state index in [2.05, 4.69) is 15.0 Å². The number of rotatable bonds is 5. The quantitative estimate of drug-likeness (QED) is 0.324. The largest absolute Gasteiger partial charge is 0.461 e. The van der Waals surface area contributed by atoms with Crippen molar-refractivity contribution in [3.63, 3.8) is 0 Å². The Hall–Kier alpha value is -3.39. The summed E-state index contributed by atoms with van der Waals surface area (Å²) in [5, 5.41) is -0.0385. The van der Waals surface area contributed by atoms with E-state index in [9.17, 15) is 22.0 Å². The van der Waals surface area contributed by atoms with Gasteiger partial charge in [-0.2, -0.15) is 23.1 Å². The zero-order chi connectivity index (χ0) is 32.1. The van der Waals surface area contributed by atoms with Crippen LogP contribution in [0.2, 0.25) is 0 Å². The Morgan fingerprint density at radius 1 is 1.23 bits per heavy atom. The highest BCUT2D eigenvalue weighted by Crippen LogP contribution is 2.46. The third-order valence-electron chi connectivity index (χ3n) is 8.93. The van der Waals surface area contributed by atoms with Crippen molar-refractivity contribution in [3.8, 4) is 17.3 Å². The topological polar surface area (TPSA) is 89.6 Å². The van der Waals surface area contributed by atoms with Crippen molar-refractivity contribution in [2.45, 2.75) is 56.3 Å².